The average molecular weight is 992 g/mol. The van der Waals surface area contributed by atoms with E-state index in [1.807, 2.05) is 18.2 Å². The van der Waals surface area contributed by atoms with Crippen LogP contribution in [-0.4, -0.2) is 88.3 Å². The van der Waals surface area contributed by atoms with Crippen LogP contribution < -0.4 is 0 Å². The molecule has 12 nitrogen and oxygen atoms in total. The molecule has 0 aliphatic heterocycles. The van der Waals surface area contributed by atoms with Crippen LogP contribution in [0.4, 0.5) is 4.79 Å². The first-order valence-electron chi connectivity index (χ1n) is 16.9. The number of nitrogens with zero attached hydrogens (tertiary/aromatic N) is 3. The van der Waals surface area contributed by atoms with Gasteiger partial charge in [0.2, 0.25) is 0 Å². The molecule has 0 aliphatic carbocycles. The molecule has 18 heteroatoms. The number of aliphatic hydroxyl groups excluding tert-OH is 2. The van der Waals surface area contributed by atoms with Gasteiger partial charge in [0.15, 0.2) is 19.7 Å². The quantitative estimate of drug-likeness (QED) is 0.112. The minimum absolute atomic E-state index is 0. The Morgan fingerprint density at radius 3 is 1.77 bits per heavy atom. The zero-order chi connectivity index (χ0) is 41.3. The second-order valence-corrected chi connectivity index (χ2v) is 19.0. The van der Waals surface area contributed by atoms with Gasteiger partial charge in [-0.15, -0.1) is 23.2 Å². The van der Waals surface area contributed by atoms with E-state index in [1.54, 1.807) is 81.4 Å². The third-order valence-electron chi connectivity index (χ3n) is 7.86. The Hall–Kier alpha value is -3.35. The largest absolute Gasteiger partial charge is 0.443 e. The molecule has 3 N–H and O–H groups in total. The molecule has 0 amide bonds. The van der Waals surface area contributed by atoms with E-state index in [1.165, 1.54) is 10.6 Å². The van der Waals surface area contributed by atoms with Gasteiger partial charge in [-0.25, -0.2) is 36.2 Å². The standard InChI is InChI=1S/C21H23BrN2O5S.C16H15BrN2O3S.CH2Cl2.CH4/c1-21(2,3)29-20(26)24-17-9-8-14(12-16(17)23-19(24)13-22)15-6-4-5-7-18(15)30(27,28)11-10-25;17-10-16-18-13-6-5-11(9-14(13)19-16)12-3-1-2-4-15(12)23(21,22)8-7-20;2-1-3;/h4-9,12,25H,10-11,13H2,1-3H3;1-6,9,20H,7-8,10H2,(H,18,19);1H2;1H4. The summed E-state index contributed by atoms with van der Waals surface area (Å²) in [4.78, 5) is 25.2. The number of carbonyl (C=O) groups is 1. The molecule has 6 rings (SSSR count). The summed E-state index contributed by atoms with van der Waals surface area (Å²) in [5, 5.41) is 19.3. The average Bonchev–Trinajstić information content (AvgIpc) is 3.75. The maximum Gasteiger partial charge on any atom is 0.420 e. The number of carbonyl (C=O) groups excluding carboxylic acids is 1. The number of halogens is 4. The lowest BCUT2D eigenvalue weighted by molar-refractivity contribution is 0.0540. The Morgan fingerprint density at radius 1 is 0.772 bits per heavy atom. The molecular weight excluding hydrogens is 947 g/mol. The third-order valence-corrected chi connectivity index (χ3v) is 12.4. The lowest BCUT2D eigenvalue weighted by Gasteiger charge is -2.20. The zero-order valence-corrected chi connectivity index (χ0v) is 36.9. The van der Waals surface area contributed by atoms with Gasteiger partial charge in [-0.1, -0.05) is 87.8 Å². The molecule has 0 saturated heterocycles. The van der Waals surface area contributed by atoms with Gasteiger partial charge in [-0.05, 0) is 68.3 Å². The van der Waals surface area contributed by atoms with Gasteiger partial charge in [0, 0.05) is 11.1 Å². The highest BCUT2D eigenvalue weighted by molar-refractivity contribution is 9.08. The summed E-state index contributed by atoms with van der Waals surface area (Å²) < 4.78 is 56.8. The fourth-order valence-electron chi connectivity index (χ4n) is 5.60. The summed E-state index contributed by atoms with van der Waals surface area (Å²) >= 11 is 16.2. The van der Waals surface area contributed by atoms with Gasteiger partial charge in [-0.3, -0.25) is 0 Å². The third kappa shape index (κ3) is 12.1. The number of hydrogen-bond acceptors (Lipinski definition) is 10. The molecule has 0 atom stereocenters. The molecule has 4 aromatic carbocycles. The number of sulfone groups is 2. The van der Waals surface area contributed by atoms with Gasteiger partial charge in [-0.2, -0.15) is 0 Å². The maximum atomic E-state index is 12.7. The molecule has 0 bridgehead atoms. The van der Waals surface area contributed by atoms with Crippen LogP contribution in [0.15, 0.2) is 94.7 Å². The Morgan fingerprint density at radius 2 is 1.28 bits per heavy atom. The van der Waals surface area contributed by atoms with Crippen LogP contribution in [0.2, 0.25) is 0 Å². The first-order valence-corrected chi connectivity index (χ1v) is 23.5. The van der Waals surface area contributed by atoms with Crippen molar-refractivity contribution >= 4 is 103 Å². The summed E-state index contributed by atoms with van der Waals surface area (Å²) in [6.07, 6.45) is -0.530. The summed E-state index contributed by atoms with van der Waals surface area (Å²) in [6, 6.07) is 24.3. The predicted octanol–water partition coefficient (Wildman–Crippen LogP) is 9.10. The number of rotatable bonds is 10. The van der Waals surface area contributed by atoms with Crippen LogP contribution in [0.5, 0.6) is 0 Å². The lowest BCUT2D eigenvalue weighted by atomic mass is 10.1. The molecule has 0 saturated carbocycles. The number of aromatic nitrogens is 4. The minimum Gasteiger partial charge on any atom is -0.443 e. The molecule has 0 radical (unpaired) electrons. The monoisotopic (exact) mass is 988 g/mol. The van der Waals surface area contributed by atoms with Gasteiger partial charge in [0.05, 0.1) is 72.6 Å². The van der Waals surface area contributed by atoms with Crippen LogP contribution in [0.3, 0.4) is 0 Å². The summed E-state index contributed by atoms with van der Waals surface area (Å²) in [5.74, 6) is 0.660. The van der Waals surface area contributed by atoms with E-state index >= 15 is 0 Å². The highest BCUT2D eigenvalue weighted by atomic mass is 79.9. The van der Waals surface area contributed by atoms with Crippen molar-refractivity contribution in [2.45, 2.75) is 54.3 Å². The molecule has 6 aromatic rings. The lowest BCUT2D eigenvalue weighted by Crippen LogP contribution is -2.27. The predicted molar refractivity (Wildman–Crippen MR) is 235 cm³/mol. The van der Waals surface area contributed by atoms with Gasteiger partial charge >= 0.3 is 6.09 Å². The fourth-order valence-corrected chi connectivity index (χ4v) is 8.78. The van der Waals surface area contributed by atoms with Crippen molar-refractivity contribution in [1.29, 1.82) is 0 Å². The zero-order valence-electron chi connectivity index (χ0n) is 30.5. The number of ether oxygens (including phenoxy) is 1. The van der Waals surface area contributed by atoms with Crippen molar-refractivity contribution in [2.75, 3.05) is 30.1 Å². The van der Waals surface area contributed by atoms with Crippen molar-refractivity contribution in [3.05, 3.63) is 96.6 Å². The molecule has 57 heavy (non-hydrogen) atoms. The van der Waals surface area contributed by atoms with Crippen LogP contribution in [0.1, 0.15) is 39.8 Å². The topological polar surface area (TPSA) is 182 Å². The number of H-pyrrole nitrogens is 1. The van der Waals surface area contributed by atoms with E-state index in [9.17, 15) is 21.6 Å². The number of benzene rings is 4. The van der Waals surface area contributed by atoms with Gasteiger partial charge in [0.1, 0.15) is 17.2 Å². The minimum atomic E-state index is -3.64. The Labute approximate surface area is 359 Å². The van der Waals surface area contributed by atoms with E-state index in [0.29, 0.717) is 44.2 Å². The van der Waals surface area contributed by atoms with Crippen LogP contribution in [0, 0.1) is 0 Å². The second kappa shape index (κ2) is 21.1. The van der Waals surface area contributed by atoms with Crippen LogP contribution in [0.25, 0.3) is 44.3 Å². The van der Waals surface area contributed by atoms with E-state index < -0.39 is 44.6 Å². The highest BCUT2D eigenvalue weighted by Gasteiger charge is 2.24. The highest BCUT2D eigenvalue weighted by Crippen LogP contribution is 2.32. The smallest absolute Gasteiger partial charge is 0.420 e. The van der Waals surface area contributed by atoms with Gasteiger partial charge < -0.3 is 19.9 Å². The summed E-state index contributed by atoms with van der Waals surface area (Å²) in [7, 11) is -7.17. The van der Waals surface area contributed by atoms with E-state index in [2.05, 4.69) is 46.8 Å². The first-order chi connectivity index (χ1) is 26.5. The van der Waals surface area contributed by atoms with E-state index in [4.69, 9.17) is 38.2 Å². The van der Waals surface area contributed by atoms with E-state index in [0.717, 1.165) is 22.4 Å². The molecule has 2 heterocycles. The molecule has 2 aromatic heterocycles. The number of aliphatic hydroxyl groups is 2. The maximum absolute atomic E-state index is 12.7. The number of nitrogens with one attached hydrogen (secondary N) is 1. The molecule has 0 aliphatic rings. The van der Waals surface area contributed by atoms with Crippen LogP contribution >= 0.6 is 55.1 Å². The molecule has 0 fully saturated rings. The van der Waals surface area contributed by atoms with Crippen molar-refractivity contribution in [1.82, 2.24) is 19.5 Å². The number of imidazole rings is 2. The molecule has 0 spiro atoms. The Balaban J connectivity index is 0.000000289. The molecule has 308 valence electrons. The second-order valence-electron chi connectivity index (χ2n) is 12.9. The number of alkyl halides is 4. The number of aromatic amines is 1. The summed E-state index contributed by atoms with van der Waals surface area (Å²) in [6.45, 7) is 4.52. The normalized spacial score (nSPS) is 11.6. The summed E-state index contributed by atoms with van der Waals surface area (Å²) in [5.41, 5.74) is 4.72. The molecule has 0 unspecified atom stereocenters. The van der Waals surface area contributed by atoms with Crippen LogP contribution in [-0.2, 0) is 35.1 Å². The Bertz CT molecular complexity index is 2520. The molecular formula is C39H44Br2Cl2N4O8S2. The van der Waals surface area contributed by atoms with Crippen molar-refractivity contribution in [3.63, 3.8) is 0 Å². The van der Waals surface area contributed by atoms with Crippen molar-refractivity contribution in [2.24, 2.45) is 0 Å². The fraction of sp³-hybridized carbons (Fsp3) is 0.308. The van der Waals surface area contributed by atoms with Crippen molar-refractivity contribution in [3.8, 4) is 22.3 Å². The SMILES string of the molecule is C.CC(C)(C)OC(=O)n1c(CBr)nc2cc(-c3ccccc3S(=O)(=O)CCO)ccc21.ClCCl.O=S(=O)(CCO)c1ccccc1-c1ccc2nc(CBr)[nH]c2c1. The Kier molecular flexibility index (Phi) is 17.7. The number of fused-ring (bicyclic) bond motifs is 2. The number of hydrogen-bond donors (Lipinski definition) is 3. The van der Waals surface area contributed by atoms with Crippen molar-refractivity contribution < 1.29 is 36.6 Å². The first kappa shape index (κ1) is 48.0. The van der Waals surface area contributed by atoms with E-state index in [-0.39, 0.29) is 34.1 Å². The van der Waals surface area contributed by atoms with Gasteiger partial charge in [0.25, 0.3) is 0 Å².